The molecule has 0 aliphatic rings. The van der Waals surface area contributed by atoms with Crippen LogP contribution in [0.25, 0.3) is 11.0 Å². The van der Waals surface area contributed by atoms with Crippen molar-refractivity contribution in [2.75, 3.05) is 0 Å². The summed E-state index contributed by atoms with van der Waals surface area (Å²) in [5.41, 5.74) is 1.57. The fourth-order valence-electron chi connectivity index (χ4n) is 1.80. The van der Waals surface area contributed by atoms with Gasteiger partial charge in [0.1, 0.15) is 0 Å². The first-order chi connectivity index (χ1) is 7.80. The van der Waals surface area contributed by atoms with Crippen molar-refractivity contribution in [1.82, 2.24) is 9.55 Å². The third-order valence-corrected chi connectivity index (χ3v) is 2.85. The molecule has 0 unspecified atom stereocenters. The van der Waals surface area contributed by atoms with Crippen LogP contribution in [0.3, 0.4) is 0 Å². The fourth-order valence-corrected chi connectivity index (χ4v) is 1.80. The number of rotatable bonds is 1. The molecule has 0 fully saturated rings. The van der Waals surface area contributed by atoms with E-state index in [0.717, 1.165) is 11.0 Å². The van der Waals surface area contributed by atoms with E-state index < -0.39 is 5.41 Å². The topological polar surface area (TPSA) is 54.9 Å². The van der Waals surface area contributed by atoms with Crippen molar-refractivity contribution in [2.45, 2.75) is 20.8 Å². The van der Waals surface area contributed by atoms with Crippen LogP contribution in [0.4, 0.5) is 0 Å². The second-order valence-electron chi connectivity index (χ2n) is 5.30. The highest BCUT2D eigenvalue weighted by atomic mass is 16.1. The summed E-state index contributed by atoms with van der Waals surface area (Å²) in [5.74, 6) is 0.0769. The van der Waals surface area contributed by atoms with E-state index in [0.29, 0.717) is 5.56 Å². The van der Waals surface area contributed by atoms with Crippen molar-refractivity contribution < 1.29 is 4.79 Å². The van der Waals surface area contributed by atoms with Gasteiger partial charge in [-0.05, 0) is 18.2 Å². The zero-order valence-electron chi connectivity index (χ0n) is 10.5. The maximum Gasteiger partial charge on any atom is 0.326 e. The van der Waals surface area contributed by atoms with Crippen LogP contribution < -0.4 is 5.69 Å². The molecule has 0 amide bonds. The standard InChI is InChI=1S/C13H16N2O2/c1-13(2,3)11(16)8-5-6-9-10(7-8)15(4)12(17)14-9/h5-7H,1-4H3,(H,14,17). The zero-order chi connectivity index (χ0) is 12.8. The van der Waals surface area contributed by atoms with Crippen LogP contribution in [0, 0.1) is 5.41 Å². The monoisotopic (exact) mass is 232 g/mol. The Morgan fingerprint density at radius 1 is 1.29 bits per heavy atom. The Hall–Kier alpha value is -1.84. The van der Waals surface area contributed by atoms with Crippen LogP contribution >= 0.6 is 0 Å². The fraction of sp³-hybridized carbons (Fsp3) is 0.385. The van der Waals surface area contributed by atoms with Gasteiger partial charge < -0.3 is 4.98 Å². The summed E-state index contributed by atoms with van der Waals surface area (Å²) in [7, 11) is 1.69. The first-order valence-corrected chi connectivity index (χ1v) is 5.54. The number of aromatic amines is 1. The lowest BCUT2D eigenvalue weighted by molar-refractivity contribution is 0.0858. The summed E-state index contributed by atoms with van der Waals surface area (Å²) in [5, 5.41) is 0. The zero-order valence-corrected chi connectivity index (χ0v) is 10.5. The number of aromatic nitrogens is 2. The molecule has 1 heterocycles. The van der Waals surface area contributed by atoms with Gasteiger partial charge in [-0.3, -0.25) is 9.36 Å². The van der Waals surface area contributed by atoms with E-state index in [1.165, 1.54) is 4.57 Å². The van der Waals surface area contributed by atoms with Crippen molar-refractivity contribution in [2.24, 2.45) is 12.5 Å². The van der Waals surface area contributed by atoms with E-state index in [1.54, 1.807) is 25.2 Å². The lowest BCUT2D eigenvalue weighted by atomic mass is 9.86. The molecule has 1 aromatic carbocycles. The molecule has 0 saturated carbocycles. The maximum absolute atomic E-state index is 12.1. The molecule has 17 heavy (non-hydrogen) atoms. The lowest BCUT2D eigenvalue weighted by Crippen LogP contribution is -2.20. The Morgan fingerprint density at radius 3 is 2.53 bits per heavy atom. The van der Waals surface area contributed by atoms with Crippen molar-refractivity contribution in [3.05, 3.63) is 34.2 Å². The van der Waals surface area contributed by atoms with Crippen LogP contribution in [0.15, 0.2) is 23.0 Å². The number of nitrogens with zero attached hydrogens (tertiary/aromatic N) is 1. The number of carbonyl (C=O) groups excluding carboxylic acids is 1. The van der Waals surface area contributed by atoms with Crippen LogP contribution in [-0.2, 0) is 7.05 Å². The minimum Gasteiger partial charge on any atom is -0.306 e. The minimum absolute atomic E-state index is 0.0769. The number of H-pyrrole nitrogens is 1. The van der Waals surface area contributed by atoms with Gasteiger partial charge in [0.05, 0.1) is 11.0 Å². The molecule has 4 heteroatoms. The first-order valence-electron chi connectivity index (χ1n) is 5.54. The molecule has 0 aliphatic heterocycles. The Morgan fingerprint density at radius 2 is 1.94 bits per heavy atom. The largest absolute Gasteiger partial charge is 0.326 e. The smallest absolute Gasteiger partial charge is 0.306 e. The van der Waals surface area contributed by atoms with Gasteiger partial charge in [-0.15, -0.1) is 0 Å². The number of nitrogens with one attached hydrogen (secondary N) is 1. The minimum atomic E-state index is -0.414. The van der Waals surface area contributed by atoms with Crippen LogP contribution in [0.1, 0.15) is 31.1 Å². The molecule has 0 saturated heterocycles. The number of carbonyl (C=O) groups is 1. The number of hydrogen-bond donors (Lipinski definition) is 1. The van der Waals surface area contributed by atoms with Gasteiger partial charge in [-0.1, -0.05) is 20.8 Å². The highest BCUT2D eigenvalue weighted by Crippen LogP contribution is 2.22. The Kier molecular flexibility index (Phi) is 2.45. The summed E-state index contributed by atoms with van der Waals surface area (Å²) in [4.78, 5) is 26.3. The first kappa shape index (κ1) is 11.6. The van der Waals surface area contributed by atoms with Gasteiger partial charge >= 0.3 is 5.69 Å². The second kappa shape index (κ2) is 3.58. The Labute approximate surface area is 99.3 Å². The molecular weight excluding hydrogens is 216 g/mol. The van der Waals surface area contributed by atoms with Crippen molar-refractivity contribution in [1.29, 1.82) is 0 Å². The normalized spacial score (nSPS) is 12.0. The number of Topliss-reactive ketones (excluding diaryl/α,β-unsaturated/α-hetero) is 1. The highest BCUT2D eigenvalue weighted by Gasteiger charge is 2.23. The van der Waals surface area contributed by atoms with E-state index >= 15 is 0 Å². The quantitative estimate of drug-likeness (QED) is 0.765. The SMILES string of the molecule is Cn1c(=O)[nH]c2ccc(C(=O)C(C)(C)C)cc21. The molecule has 0 bridgehead atoms. The predicted octanol–water partition coefficient (Wildman–Crippen LogP) is 2.10. The predicted molar refractivity (Wildman–Crippen MR) is 67.3 cm³/mol. The van der Waals surface area contributed by atoms with E-state index in [9.17, 15) is 9.59 Å². The van der Waals surface area contributed by atoms with Gasteiger partial charge in [-0.2, -0.15) is 0 Å². The average molecular weight is 232 g/mol. The van der Waals surface area contributed by atoms with Crippen molar-refractivity contribution in [3.8, 4) is 0 Å². The number of ketones is 1. The highest BCUT2D eigenvalue weighted by molar-refractivity contribution is 6.02. The number of benzene rings is 1. The molecule has 1 N–H and O–H groups in total. The summed E-state index contributed by atoms with van der Waals surface area (Å²) < 4.78 is 1.51. The second-order valence-corrected chi connectivity index (χ2v) is 5.30. The molecule has 4 nitrogen and oxygen atoms in total. The summed E-state index contributed by atoms with van der Waals surface area (Å²) >= 11 is 0. The van der Waals surface area contributed by atoms with Gasteiger partial charge in [0, 0.05) is 18.0 Å². The Bertz CT molecular complexity index is 641. The van der Waals surface area contributed by atoms with Gasteiger partial charge in [0.15, 0.2) is 5.78 Å². The molecule has 2 rings (SSSR count). The van der Waals surface area contributed by atoms with Crippen LogP contribution in [0.2, 0.25) is 0 Å². The summed E-state index contributed by atoms with van der Waals surface area (Å²) in [6, 6.07) is 5.29. The molecule has 2 aromatic rings. The molecule has 0 atom stereocenters. The van der Waals surface area contributed by atoms with E-state index in [4.69, 9.17) is 0 Å². The molecule has 0 aliphatic carbocycles. The third-order valence-electron chi connectivity index (χ3n) is 2.85. The number of aryl methyl sites for hydroxylation is 1. The molecule has 0 radical (unpaired) electrons. The van der Waals surface area contributed by atoms with Crippen molar-refractivity contribution in [3.63, 3.8) is 0 Å². The summed E-state index contributed by atoms with van der Waals surface area (Å²) in [6.07, 6.45) is 0. The number of imidazole rings is 1. The van der Waals surface area contributed by atoms with Crippen LogP contribution in [0.5, 0.6) is 0 Å². The van der Waals surface area contributed by atoms with Crippen LogP contribution in [-0.4, -0.2) is 15.3 Å². The lowest BCUT2D eigenvalue weighted by Gasteiger charge is -2.16. The van der Waals surface area contributed by atoms with Gasteiger partial charge in [-0.25, -0.2) is 4.79 Å². The molecule has 1 aromatic heterocycles. The molecular formula is C13H16N2O2. The van der Waals surface area contributed by atoms with E-state index in [2.05, 4.69) is 4.98 Å². The third kappa shape index (κ3) is 1.90. The number of hydrogen-bond acceptors (Lipinski definition) is 2. The van der Waals surface area contributed by atoms with E-state index in [1.807, 2.05) is 20.8 Å². The van der Waals surface area contributed by atoms with E-state index in [-0.39, 0.29) is 11.5 Å². The van der Waals surface area contributed by atoms with Gasteiger partial charge in [0.25, 0.3) is 0 Å². The van der Waals surface area contributed by atoms with Crippen molar-refractivity contribution >= 4 is 16.8 Å². The molecule has 90 valence electrons. The Balaban J connectivity index is 2.63. The summed E-state index contributed by atoms with van der Waals surface area (Å²) in [6.45, 7) is 5.65. The van der Waals surface area contributed by atoms with Gasteiger partial charge in [0.2, 0.25) is 0 Å². The number of fused-ring (bicyclic) bond motifs is 1. The maximum atomic E-state index is 12.1. The average Bonchev–Trinajstić information content (AvgIpc) is 2.52. The molecule has 0 spiro atoms.